The van der Waals surface area contributed by atoms with E-state index in [-0.39, 0.29) is 0 Å². The number of ether oxygens (including phenoxy) is 1. The standard InChI is InChI=1S/C10H14N6O/c1-7-5-13-10(15-12)14-9(7)16-2-3-17-8(4-11)6-16/h5,8H,2-3,6,12H2,1H3,(H,13,14,15). The Kier molecular flexibility index (Phi) is 3.37. The third-order valence-electron chi connectivity index (χ3n) is 2.58. The fourth-order valence-electron chi connectivity index (χ4n) is 1.74. The molecule has 1 atom stereocenters. The number of nitrogen functional groups attached to an aromatic ring is 1. The van der Waals surface area contributed by atoms with Gasteiger partial charge in [0.2, 0.25) is 5.95 Å². The Morgan fingerprint density at radius 1 is 1.71 bits per heavy atom. The minimum atomic E-state index is -0.410. The molecule has 7 nitrogen and oxygen atoms in total. The van der Waals surface area contributed by atoms with Gasteiger partial charge in [-0.2, -0.15) is 10.2 Å². The van der Waals surface area contributed by atoms with E-state index in [1.165, 1.54) is 0 Å². The van der Waals surface area contributed by atoms with Gasteiger partial charge < -0.3 is 9.64 Å². The Morgan fingerprint density at radius 2 is 2.53 bits per heavy atom. The van der Waals surface area contributed by atoms with E-state index in [1.54, 1.807) is 6.20 Å². The van der Waals surface area contributed by atoms with Crippen LogP contribution in [0.15, 0.2) is 6.20 Å². The van der Waals surface area contributed by atoms with Crippen molar-refractivity contribution in [3.63, 3.8) is 0 Å². The van der Waals surface area contributed by atoms with Crippen LogP contribution in [0, 0.1) is 18.3 Å². The predicted molar refractivity (Wildman–Crippen MR) is 62.1 cm³/mol. The van der Waals surface area contributed by atoms with Crippen LogP contribution in [0.5, 0.6) is 0 Å². The summed E-state index contributed by atoms with van der Waals surface area (Å²) in [6.45, 7) is 3.66. The lowest BCUT2D eigenvalue weighted by Crippen LogP contribution is -2.42. The second-order valence-electron chi connectivity index (χ2n) is 3.78. The minimum absolute atomic E-state index is 0.366. The first kappa shape index (κ1) is 11.6. The Labute approximate surface area is 99.2 Å². The summed E-state index contributed by atoms with van der Waals surface area (Å²) in [5.41, 5.74) is 3.36. The third-order valence-corrected chi connectivity index (χ3v) is 2.58. The van der Waals surface area contributed by atoms with Crippen LogP contribution >= 0.6 is 0 Å². The number of anilines is 2. The summed E-state index contributed by atoms with van der Waals surface area (Å²) in [5, 5.41) is 8.86. The van der Waals surface area contributed by atoms with Gasteiger partial charge in [-0.3, -0.25) is 5.43 Å². The molecule has 0 aliphatic carbocycles. The Bertz CT molecular complexity index is 443. The smallest absolute Gasteiger partial charge is 0.239 e. The maximum Gasteiger partial charge on any atom is 0.239 e. The van der Waals surface area contributed by atoms with Gasteiger partial charge in [0.1, 0.15) is 5.82 Å². The molecule has 0 saturated carbocycles. The predicted octanol–water partition coefficient (Wildman–Crippen LogP) is -0.201. The molecule has 1 saturated heterocycles. The van der Waals surface area contributed by atoms with Crippen molar-refractivity contribution in [2.45, 2.75) is 13.0 Å². The first-order valence-electron chi connectivity index (χ1n) is 5.31. The van der Waals surface area contributed by atoms with Crippen molar-refractivity contribution in [2.24, 2.45) is 5.84 Å². The van der Waals surface area contributed by atoms with Crippen LogP contribution in [0.1, 0.15) is 5.56 Å². The van der Waals surface area contributed by atoms with E-state index in [0.717, 1.165) is 11.4 Å². The van der Waals surface area contributed by atoms with E-state index in [1.807, 2.05) is 11.8 Å². The number of nitrogens with one attached hydrogen (secondary N) is 1. The molecule has 17 heavy (non-hydrogen) atoms. The molecular formula is C10H14N6O. The van der Waals surface area contributed by atoms with E-state index in [9.17, 15) is 0 Å². The van der Waals surface area contributed by atoms with Crippen molar-refractivity contribution >= 4 is 11.8 Å². The minimum Gasteiger partial charge on any atom is -0.360 e. The van der Waals surface area contributed by atoms with E-state index < -0.39 is 6.10 Å². The summed E-state index contributed by atoms with van der Waals surface area (Å²) in [5.74, 6) is 6.44. The molecule has 2 heterocycles. The quantitative estimate of drug-likeness (QED) is 0.539. The van der Waals surface area contributed by atoms with Crippen LogP contribution in [0.25, 0.3) is 0 Å². The summed E-state index contributed by atoms with van der Waals surface area (Å²) in [6.07, 6.45) is 1.29. The van der Waals surface area contributed by atoms with Crippen LogP contribution in [0.4, 0.5) is 11.8 Å². The van der Waals surface area contributed by atoms with Gasteiger partial charge in [0, 0.05) is 18.3 Å². The Morgan fingerprint density at radius 3 is 3.24 bits per heavy atom. The zero-order chi connectivity index (χ0) is 12.3. The van der Waals surface area contributed by atoms with Gasteiger partial charge in [0.15, 0.2) is 6.10 Å². The van der Waals surface area contributed by atoms with Crippen LogP contribution in [-0.4, -0.2) is 35.8 Å². The van der Waals surface area contributed by atoms with E-state index in [4.69, 9.17) is 15.8 Å². The number of nitriles is 1. The molecule has 1 fully saturated rings. The molecule has 7 heteroatoms. The lowest BCUT2D eigenvalue weighted by molar-refractivity contribution is 0.0761. The molecule has 1 aromatic heterocycles. The van der Waals surface area contributed by atoms with E-state index in [0.29, 0.717) is 25.6 Å². The number of aromatic nitrogens is 2. The lowest BCUT2D eigenvalue weighted by Gasteiger charge is -2.31. The lowest BCUT2D eigenvalue weighted by atomic mass is 10.2. The zero-order valence-electron chi connectivity index (χ0n) is 9.55. The number of aryl methyl sites for hydroxylation is 1. The van der Waals surface area contributed by atoms with Crippen molar-refractivity contribution in [3.8, 4) is 6.07 Å². The number of hydrogen-bond acceptors (Lipinski definition) is 7. The van der Waals surface area contributed by atoms with Crippen molar-refractivity contribution in [3.05, 3.63) is 11.8 Å². The summed E-state index contributed by atoms with van der Waals surface area (Å²) < 4.78 is 5.29. The molecule has 0 bridgehead atoms. The molecule has 0 spiro atoms. The second kappa shape index (κ2) is 4.95. The highest BCUT2D eigenvalue weighted by Gasteiger charge is 2.22. The maximum atomic E-state index is 8.86. The first-order valence-corrected chi connectivity index (χ1v) is 5.31. The summed E-state index contributed by atoms with van der Waals surface area (Å²) in [6, 6.07) is 2.10. The highest BCUT2D eigenvalue weighted by Crippen LogP contribution is 2.20. The number of nitrogens with zero attached hydrogens (tertiary/aromatic N) is 4. The second-order valence-corrected chi connectivity index (χ2v) is 3.78. The highest BCUT2D eigenvalue weighted by atomic mass is 16.5. The van der Waals surface area contributed by atoms with Gasteiger partial charge >= 0.3 is 0 Å². The normalized spacial score (nSPS) is 19.8. The van der Waals surface area contributed by atoms with Gasteiger partial charge in [-0.1, -0.05) is 0 Å². The van der Waals surface area contributed by atoms with Crippen LogP contribution in [0.2, 0.25) is 0 Å². The van der Waals surface area contributed by atoms with Gasteiger partial charge in [-0.25, -0.2) is 10.8 Å². The molecular weight excluding hydrogens is 220 g/mol. The Balaban J connectivity index is 2.24. The SMILES string of the molecule is Cc1cnc(NN)nc1N1CCOC(C#N)C1. The monoisotopic (exact) mass is 234 g/mol. The third kappa shape index (κ3) is 2.43. The fraction of sp³-hybridized carbons (Fsp3) is 0.500. The molecule has 0 amide bonds. The number of rotatable bonds is 2. The highest BCUT2D eigenvalue weighted by molar-refractivity contribution is 5.49. The Hall–Kier alpha value is -1.91. The van der Waals surface area contributed by atoms with Crippen LogP contribution < -0.4 is 16.2 Å². The fourth-order valence-corrected chi connectivity index (χ4v) is 1.74. The van der Waals surface area contributed by atoms with E-state index >= 15 is 0 Å². The molecule has 2 rings (SSSR count). The van der Waals surface area contributed by atoms with Crippen molar-refractivity contribution in [1.82, 2.24) is 9.97 Å². The molecule has 0 aromatic carbocycles. The van der Waals surface area contributed by atoms with Gasteiger partial charge in [-0.15, -0.1) is 0 Å². The number of hydrazine groups is 1. The average molecular weight is 234 g/mol. The molecule has 1 unspecified atom stereocenters. The number of nitrogens with two attached hydrogens (primary N) is 1. The van der Waals surface area contributed by atoms with Gasteiger partial charge in [-0.05, 0) is 6.92 Å². The molecule has 1 aliphatic heterocycles. The van der Waals surface area contributed by atoms with Crippen molar-refractivity contribution < 1.29 is 4.74 Å². The largest absolute Gasteiger partial charge is 0.360 e. The summed E-state index contributed by atoms with van der Waals surface area (Å²) in [7, 11) is 0. The molecule has 90 valence electrons. The number of hydrogen-bond donors (Lipinski definition) is 2. The van der Waals surface area contributed by atoms with Crippen LogP contribution in [-0.2, 0) is 4.74 Å². The topological polar surface area (TPSA) is 100 Å². The van der Waals surface area contributed by atoms with Gasteiger partial charge in [0.25, 0.3) is 0 Å². The number of morpholine rings is 1. The molecule has 0 radical (unpaired) electrons. The summed E-state index contributed by atoms with van der Waals surface area (Å²) in [4.78, 5) is 10.3. The average Bonchev–Trinajstić information content (AvgIpc) is 2.39. The van der Waals surface area contributed by atoms with Crippen molar-refractivity contribution in [1.29, 1.82) is 5.26 Å². The molecule has 1 aliphatic rings. The van der Waals surface area contributed by atoms with E-state index in [2.05, 4.69) is 21.5 Å². The first-order chi connectivity index (χ1) is 8.24. The maximum absolute atomic E-state index is 8.86. The molecule has 3 N–H and O–H groups in total. The van der Waals surface area contributed by atoms with Crippen molar-refractivity contribution in [2.75, 3.05) is 30.0 Å². The zero-order valence-corrected chi connectivity index (χ0v) is 9.55. The molecule has 1 aromatic rings. The summed E-state index contributed by atoms with van der Waals surface area (Å²) >= 11 is 0. The van der Waals surface area contributed by atoms with Crippen LogP contribution in [0.3, 0.4) is 0 Å². The van der Waals surface area contributed by atoms with Gasteiger partial charge in [0.05, 0.1) is 19.2 Å².